The number of carboxylic acids is 1. The van der Waals surface area contributed by atoms with E-state index in [0.29, 0.717) is 12.2 Å². The van der Waals surface area contributed by atoms with Crippen LogP contribution in [0.1, 0.15) is 26.2 Å². The fourth-order valence-electron chi connectivity index (χ4n) is 2.32. The minimum absolute atomic E-state index is 0.120. The van der Waals surface area contributed by atoms with Crippen LogP contribution in [0.15, 0.2) is 4.99 Å². The molecule has 0 bridgehead atoms. The van der Waals surface area contributed by atoms with E-state index in [0.717, 1.165) is 0 Å². The second-order valence-electron chi connectivity index (χ2n) is 6.73. The zero-order valence-corrected chi connectivity index (χ0v) is 18.5. The maximum atomic E-state index is 12.8. The highest BCUT2D eigenvalue weighted by molar-refractivity contribution is 7.98. The first-order valence-corrected chi connectivity index (χ1v) is 11.0. The molecule has 11 N–H and O–H groups in total. The minimum atomic E-state index is -1.24. The Labute approximate surface area is 185 Å². The van der Waals surface area contributed by atoms with Crippen LogP contribution in [0.3, 0.4) is 0 Å². The summed E-state index contributed by atoms with van der Waals surface area (Å²) in [6, 6.07) is -3.30. The average Bonchev–Trinajstić information content (AvgIpc) is 2.69. The van der Waals surface area contributed by atoms with Crippen molar-refractivity contribution in [2.45, 2.75) is 50.4 Å². The molecule has 0 saturated carbocycles. The molecule has 0 aromatic rings. The van der Waals surface area contributed by atoms with Gasteiger partial charge in [0.2, 0.25) is 17.7 Å². The molecule has 0 heterocycles. The van der Waals surface area contributed by atoms with E-state index in [9.17, 15) is 24.3 Å². The molecule has 0 aliphatic carbocycles. The molecule has 0 aliphatic heterocycles. The van der Waals surface area contributed by atoms with Crippen LogP contribution in [0.5, 0.6) is 0 Å². The van der Waals surface area contributed by atoms with Crippen LogP contribution >= 0.6 is 11.8 Å². The smallest absolute Gasteiger partial charge is 0.322 e. The predicted octanol–water partition coefficient (Wildman–Crippen LogP) is -3.33. The van der Waals surface area contributed by atoms with E-state index < -0.39 is 54.5 Å². The normalized spacial score (nSPS) is 14.5. The van der Waals surface area contributed by atoms with E-state index in [4.69, 9.17) is 22.3 Å². The number of rotatable bonds is 15. The molecule has 0 aromatic heterocycles. The number of aliphatic carboxylic acids is 1. The Balaban J connectivity index is 5.27. The minimum Gasteiger partial charge on any atom is -0.480 e. The lowest BCUT2D eigenvalue weighted by Crippen LogP contribution is -2.57. The number of aliphatic hydroxyl groups excluding tert-OH is 1. The molecule has 0 radical (unpaired) electrons. The van der Waals surface area contributed by atoms with Gasteiger partial charge in [-0.05, 0) is 38.2 Å². The molecular formula is C17H33N7O6S. The number of hydrogen-bond donors (Lipinski definition) is 8. The van der Waals surface area contributed by atoms with E-state index in [1.54, 1.807) is 0 Å². The average molecular weight is 464 g/mol. The zero-order chi connectivity index (χ0) is 24.0. The summed E-state index contributed by atoms with van der Waals surface area (Å²) in [4.78, 5) is 51.8. The quantitative estimate of drug-likeness (QED) is 0.0683. The first-order chi connectivity index (χ1) is 14.5. The summed E-state index contributed by atoms with van der Waals surface area (Å²) in [5, 5.41) is 25.5. The van der Waals surface area contributed by atoms with E-state index in [1.807, 2.05) is 6.26 Å². The number of nitrogens with one attached hydrogen (secondary N) is 3. The van der Waals surface area contributed by atoms with Gasteiger partial charge in [-0.2, -0.15) is 11.8 Å². The van der Waals surface area contributed by atoms with Gasteiger partial charge in [-0.3, -0.25) is 24.2 Å². The van der Waals surface area contributed by atoms with Crippen molar-refractivity contribution >= 4 is 41.4 Å². The SMILES string of the molecule is CSCCC(NC(=O)C(N)C(C)O)C(=O)NC(CCCN=C(N)N)C(=O)NCC(=O)O. The van der Waals surface area contributed by atoms with Gasteiger partial charge in [-0.25, -0.2) is 0 Å². The summed E-state index contributed by atoms with van der Waals surface area (Å²) in [5.74, 6) is -2.88. The number of hydrogen-bond acceptors (Lipinski definition) is 8. The number of carbonyl (C=O) groups excluding carboxylic acids is 3. The maximum Gasteiger partial charge on any atom is 0.322 e. The topological polar surface area (TPSA) is 235 Å². The van der Waals surface area contributed by atoms with Crippen molar-refractivity contribution in [1.82, 2.24) is 16.0 Å². The first kappa shape index (κ1) is 28.4. The molecule has 178 valence electrons. The highest BCUT2D eigenvalue weighted by Gasteiger charge is 2.29. The van der Waals surface area contributed by atoms with Crippen molar-refractivity contribution in [3.05, 3.63) is 0 Å². The molecule has 0 fully saturated rings. The highest BCUT2D eigenvalue weighted by atomic mass is 32.2. The molecule has 0 spiro atoms. The lowest BCUT2D eigenvalue weighted by atomic mass is 10.1. The molecule has 4 unspecified atom stereocenters. The van der Waals surface area contributed by atoms with Crippen molar-refractivity contribution < 1.29 is 29.4 Å². The van der Waals surface area contributed by atoms with Gasteiger partial charge in [0.25, 0.3) is 0 Å². The van der Waals surface area contributed by atoms with Crippen molar-refractivity contribution in [2.75, 3.05) is 25.1 Å². The summed E-state index contributed by atoms with van der Waals surface area (Å²) in [5.41, 5.74) is 16.1. The van der Waals surface area contributed by atoms with Crippen molar-refractivity contribution in [3.8, 4) is 0 Å². The fraction of sp³-hybridized carbons (Fsp3) is 0.706. The van der Waals surface area contributed by atoms with Gasteiger partial charge < -0.3 is 43.4 Å². The molecule has 0 aliphatic rings. The van der Waals surface area contributed by atoms with E-state index in [1.165, 1.54) is 18.7 Å². The molecule has 0 aromatic carbocycles. The van der Waals surface area contributed by atoms with Gasteiger partial charge in [0.1, 0.15) is 24.7 Å². The number of aliphatic hydroxyl groups is 1. The molecule has 0 saturated heterocycles. The van der Waals surface area contributed by atoms with Gasteiger partial charge in [0.05, 0.1) is 6.10 Å². The third-order valence-corrected chi connectivity index (χ3v) is 4.70. The molecule has 3 amide bonds. The molecular weight excluding hydrogens is 430 g/mol. The van der Waals surface area contributed by atoms with Gasteiger partial charge >= 0.3 is 5.97 Å². The number of carbonyl (C=O) groups is 4. The number of nitrogens with two attached hydrogens (primary N) is 3. The second-order valence-corrected chi connectivity index (χ2v) is 7.72. The first-order valence-electron chi connectivity index (χ1n) is 9.57. The van der Waals surface area contributed by atoms with Crippen molar-refractivity contribution in [2.24, 2.45) is 22.2 Å². The number of nitrogens with zero attached hydrogens (tertiary/aromatic N) is 1. The Bertz CT molecular complexity index is 642. The molecule has 14 heteroatoms. The van der Waals surface area contributed by atoms with Crippen LogP contribution < -0.4 is 33.2 Å². The van der Waals surface area contributed by atoms with Gasteiger partial charge in [-0.1, -0.05) is 0 Å². The number of guanidine groups is 1. The lowest BCUT2D eigenvalue weighted by molar-refractivity contribution is -0.138. The van der Waals surface area contributed by atoms with E-state index in [-0.39, 0.29) is 25.3 Å². The zero-order valence-electron chi connectivity index (χ0n) is 17.7. The number of amides is 3. The largest absolute Gasteiger partial charge is 0.480 e. The Morgan fingerprint density at radius 3 is 2.13 bits per heavy atom. The summed E-state index contributed by atoms with van der Waals surface area (Å²) >= 11 is 1.45. The van der Waals surface area contributed by atoms with Crippen LogP contribution in [-0.2, 0) is 19.2 Å². The van der Waals surface area contributed by atoms with E-state index >= 15 is 0 Å². The van der Waals surface area contributed by atoms with Crippen molar-refractivity contribution in [1.29, 1.82) is 0 Å². The summed E-state index contributed by atoms with van der Waals surface area (Å²) in [7, 11) is 0. The molecule has 0 rings (SSSR count). The molecule has 13 nitrogen and oxygen atoms in total. The van der Waals surface area contributed by atoms with Gasteiger partial charge in [0.15, 0.2) is 5.96 Å². The third-order valence-electron chi connectivity index (χ3n) is 4.06. The van der Waals surface area contributed by atoms with Gasteiger partial charge in [0, 0.05) is 6.54 Å². The number of aliphatic imine (C=N–C) groups is 1. The molecule has 31 heavy (non-hydrogen) atoms. The molecule has 4 atom stereocenters. The number of carboxylic acid groups (broad SMARTS) is 1. The van der Waals surface area contributed by atoms with E-state index in [2.05, 4.69) is 20.9 Å². The Kier molecular flexibility index (Phi) is 14.0. The predicted molar refractivity (Wildman–Crippen MR) is 117 cm³/mol. The standard InChI is InChI=1S/C17H33N7O6S/c1-9(25)13(18)16(30)24-11(5-7-31-2)15(29)23-10(4-3-6-21-17(19)20)14(28)22-8-12(26)27/h9-11,13,25H,3-8,18H2,1-2H3,(H,22,28)(H,23,29)(H,24,30)(H,26,27)(H4,19,20,21). The Morgan fingerprint density at radius 2 is 1.61 bits per heavy atom. The third kappa shape index (κ3) is 12.7. The number of thioether (sulfide) groups is 1. The second kappa shape index (κ2) is 15.3. The van der Waals surface area contributed by atoms with Gasteiger partial charge in [-0.15, -0.1) is 0 Å². The monoisotopic (exact) mass is 463 g/mol. The van der Waals surface area contributed by atoms with Crippen LogP contribution in [-0.4, -0.2) is 89.2 Å². The van der Waals surface area contributed by atoms with Crippen LogP contribution in [0.25, 0.3) is 0 Å². The highest BCUT2D eigenvalue weighted by Crippen LogP contribution is 2.05. The summed E-state index contributed by atoms with van der Waals surface area (Å²) < 4.78 is 0. The summed E-state index contributed by atoms with van der Waals surface area (Å²) in [6.45, 7) is 0.937. The van der Waals surface area contributed by atoms with Crippen LogP contribution in [0.4, 0.5) is 0 Å². The fourth-order valence-corrected chi connectivity index (χ4v) is 2.79. The van der Waals surface area contributed by atoms with Crippen molar-refractivity contribution in [3.63, 3.8) is 0 Å². The van der Waals surface area contributed by atoms with Crippen LogP contribution in [0, 0.1) is 0 Å². The maximum absolute atomic E-state index is 12.8. The van der Waals surface area contributed by atoms with Crippen LogP contribution in [0.2, 0.25) is 0 Å². The lowest BCUT2D eigenvalue weighted by Gasteiger charge is -2.24. The Hall–Kier alpha value is -2.58. The Morgan fingerprint density at radius 1 is 1.03 bits per heavy atom. The summed E-state index contributed by atoms with van der Waals surface area (Å²) in [6.07, 6.45) is 1.42.